The Morgan fingerprint density at radius 1 is 0.966 bits per heavy atom. The molecule has 6 nitrogen and oxygen atoms in total. The van der Waals surface area contributed by atoms with Gasteiger partial charge in [0.15, 0.2) is 0 Å². The smallest absolute Gasteiger partial charge is 0.255 e. The van der Waals surface area contributed by atoms with E-state index in [1.54, 1.807) is 19.2 Å². The zero-order valence-corrected chi connectivity index (χ0v) is 16.9. The number of rotatable bonds is 6. The van der Waals surface area contributed by atoms with Crippen LogP contribution in [-0.4, -0.2) is 49.7 Å². The van der Waals surface area contributed by atoms with Gasteiger partial charge in [-0.1, -0.05) is 12.1 Å². The summed E-state index contributed by atoms with van der Waals surface area (Å²) in [5.74, 6) is 1.68. The van der Waals surface area contributed by atoms with Gasteiger partial charge in [-0.25, -0.2) is 5.01 Å². The Hall–Kier alpha value is -2.99. The molecule has 1 atom stereocenters. The SMILES string of the molecule is COc1ccc(C2=C[C@H](c3ccc(OC)cc3)N(C(=O)CN3CCCC3)N2)cc1. The molecule has 2 aliphatic heterocycles. The monoisotopic (exact) mass is 393 g/mol. The van der Waals surface area contributed by atoms with Gasteiger partial charge >= 0.3 is 0 Å². The first kappa shape index (κ1) is 19.3. The number of nitrogens with zero attached hydrogens (tertiary/aromatic N) is 2. The van der Waals surface area contributed by atoms with E-state index in [4.69, 9.17) is 9.47 Å². The van der Waals surface area contributed by atoms with Gasteiger partial charge in [0.05, 0.1) is 32.5 Å². The molecule has 4 rings (SSSR count). The summed E-state index contributed by atoms with van der Waals surface area (Å²) < 4.78 is 10.5. The van der Waals surface area contributed by atoms with Crippen LogP contribution in [-0.2, 0) is 4.79 Å². The maximum absolute atomic E-state index is 13.1. The van der Waals surface area contributed by atoms with Crippen LogP contribution in [0.3, 0.4) is 0 Å². The topological polar surface area (TPSA) is 54.0 Å². The number of carbonyl (C=O) groups excluding carboxylic acids is 1. The van der Waals surface area contributed by atoms with E-state index in [2.05, 4.69) is 16.4 Å². The summed E-state index contributed by atoms with van der Waals surface area (Å²) in [6.07, 6.45) is 4.43. The number of likely N-dealkylation sites (tertiary alicyclic amines) is 1. The van der Waals surface area contributed by atoms with Crippen molar-refractivity contribution in [2.45, 2.75) is 18.9 Å². The summed E-state index contributed by atoms with van der Waals surface area (Å²) in [6.45, 7) is 2.42. The predicted octanol–water partition coefficient (Wildman–Crippen LogP) is 3.23. The van der Waals surface area contributed by atoms with Gasteiger partial charge < -0.3 is 9.47 Å². The molecule has 29 heavy (non-hydrogen) atoms. The second-order valence-corrected chi connectivity index (χ2v) is 7.39. The fraction of sp³-hybridized carbons (Fsp3) is 0.348. The average Bonchev–Trinajstić information content (AvgIpc) is 3.44. The Bertz CT molecular complexity index is 871. The highest BCUT2D eigenvalue weighted by molar-refractivity contribution is 5.82. The summed E-state index contributed by atoms with van der Waals surface area (Å²) in [5, 5.41) is 1.75. The number of carbonyl (C=O) groups is 1. The van der Waals surface area contributed by atoms with Crippen LogP contribution in [0.5, 0.6) is 11.5 Å². The largest absolute Gasteiger partial charge is 0.497 e. The minimum Gasteiger partial charge on any atom is -0.497 e. The molecule has 0 spiro atoms. The van der Waals surface area contributed by atoms with Gasteiger partial charge in [0.2, 0.25) is 0 Å². The zero-order valence-electron chi connectivity index (χ0n) is 16.9. The normalized spacial score (nSPS) is 19.0. The summed E-state index contributed by atoms with van der Waals surface area (Å²) in [4.78, 5) is 15.4. The van der Waals surface area contributed by atoms with Crippen molar-refractivity contribution in [2.75, 3.05) is 33.9 Å². The zero-order chi connectivity index (χ0) is 20.2. The molecule has 2 aromatic carbocycles. The molecule has 0 bridgehead atoms. The Labute approximate surface area is 171 Å². The second-order valence-electron chi connectivity index (χ2n) is 7.39. The van der Waals surface area contributed by atoms with Gasteiger partial charge in [0.1, 0.15) is 11.5 Å². The lowest BCUT2D eigenvalue weighted by Gasteiger charge is -2.27. The molecule has 0 aliphatic carbocycles. The van der Waals surface area contributed by atoms with Crippen molar-refractivity contribution in [1.82, 2.24) is 15.3 Å². The third-order valence-electron chi connectivity index (χ3n) is 5.53. The number of ether oxygens (including phenoxy) is 2. The molecular formula is C23H27N3O3. The van der Waals surface area contributed by atoms with E-state index in [0.717, 1.165) is 54.3 Å². The Morgan fingerprint density at radius 2 is 1.55 bits per heavy atom. The van der Waals surface area contributed by atoms with E-state index in [-0.39, 0.29) is 11.9 Å². The first-order valence-corrected chi connectivity index (χ1v) is 9.99. The van der Waals surface area contributed by atoms with Crippen molar-refractivity contribution >= 4 is 11.6 Å². The Kier molecular flexibility index (Phi) is 5.71. The highest BCUT2D eigenvalue weighted by Crippen LogP contribution is 2.33. The van der Waals surface area contributed by atoms with Crippen molar-refractivity contribution in [3.8, 4) is 11.5 Å². The standard InChI is InChI=1S/C23H27N3O3/c1-28-19-9-5-17(6-10-19)21-15-22(18-7-11-20(29-2)12-8-18)26(24-21)23(27)16-25-13-3-4-14-25/h5-12,15,22,24H,3-4,13-14,16H2,1-2H3/t22-/m1/s1. The molecule has 0 unspecified atom stereocenters. The summed E-state index contributed by atoms with van der Waals surface area (Å²) in [7, 11) is 3.31. The molecule has 0 saturated carbocycles. The lowest BCUT2D eigenvalue weighted by Crippen LogP contribution is -2.44. The molecule has 1 saturated heterocycles. The highest BCUT2D eigenvalue weighted by Gasteiger charge is 2.32. The molecule has 1 fully saturated rings. The van der Waals surface area contributed by atoms with Gasteiger partial charge in [-0.05, 0) is 79.5 Å². The van der Waals surface area contributed by atoms with Gasteiger partial charge in [-0.2, -0.15) is 0 Å². The van der Waals surface area contributed by atoms with Crippen LogP contribution in [0.1, 0.15) is 30.0 Å². The molecule has 0 radical (unpaired) electrons. The van der Waals surface area contributed by atoms with Crippen LogP contribution < -0.4 is 14.9 Å². The fourth-order valence-corrected chi connectivity index (χ4v) is 3.87. The summed E-state index contributed by atoms with van der Waals surface area (Å²) in [6, 6.07) is 15.5. The van der Waals surface area contributed by atoms with Gasteiger partial charge in [-0.15, -0.1) is 0 Å². The van der Waals surface area contributed by atoms with E-state index in [1.807, 2.05) is 48.5 Å². The third-order valence-corrected chi connectivity index (χ3v) is 5.53. The van der Waals surface area contributed by atoms with Crippen molar-refractivity contribution in [3.05, 3.63) is 65.7 Å². The highest BCUT2D eigenvalue weighted by atomic mass is 16.5. The van der Waals surface area contributed by atoms with Crippen molar-refractivity contribution in [3.63, 3.8) is 0 Å². The number of amides is 1. The number of nitrogens with one attached hydrogen (secondary N) is 1. The average molecular weight is 393 g/mol. The van der Waals surface area contributed by atoms with Crippen molar-refractivity contribution in [1.29, 1.82) is 0 Å². The van der Waals surface area contributed by atoms with Crippen LogP contribution in [0.15, 0.2) is 54.6 Å². The van der Waals surface area contributed by atoms with Crippen molar-refractivity contribution in [2.24, 2.45) is 0 Å². The Morgan fingerprint density at radius 3 is 2.14 bits per heavy atom. The summed E-state index contributed by atoms with van der Waals surface area (Å²) >= 11 is 0. The number of benzene rings is 2. The second kappa shape index (κ2) is 8.57. The molecule has 0 aromatic heterocycles. The van der Waals surface area contributed by atoms with E-state index < -0.39 is 0 Å². The molecular weight excluding hydrogens is 366 g/mol. The quantitative estimate of drug-likeness (QED) is 0.817. The number of methoxy groups -OCH3 is 2. The first-order valence-electron chi connectivity index (χ1n) is 9.99. The number of hydrazine groups is 1. The third kappa shape index (κ3) is 4.22. The van der Waals surface area contributed by atoms with E-state index in [9.17, 15) is 4.79 Å². The molecule has 6 heteroatoms. The fourth-order valence-electron chi connectivity index (χ4n) is 3.87. The lowest BCUT2D eigenvalue weighted by atomic mass is 10.0. The van der Waals surface area contributed by atoms with E-state index >= 15 is 0 Å². The molecule has 2 heterocycles. The minimum atomic E-state index is -0.173. The van der Waals surface area contributed by atoms with Gasteiger partial charge in [0.25, 0.3) is 5.91 Å². The molecule has 1 amide bonds. The van der Waals surface area contributed by atoms with Crippen molar-refractivity contribution < 1.29 is 14.3 Å². The predicted molar refractivity (Wildman–Crippen MR) is 112 cm³/mol. The lowest BCUT2D eigenvalue weighted by molar-refractivity contribution is -0.135. The van der Waals surface area contributed by atoms with Crippen LogP contribution in [0, 0.1) is 0 Å². The first-order chi connectivity index (χ1) is 14.2. The van der Waals surface area contributed by atoms with Crippen LogP contribution in [0.4, 0.5) is 0 Å². The maximum atomic E-state index is 13.1. The minimum absolute atomic E-state index is 0.0764. The Balaban J connectivity index is 1.60. The van der Waals surface area contributed by atoms with Crippen LogP contribution in [0.25, 0.3) is 5.70 Å². The molecule has 2 aliphatic rings. The summed E-state index contributed by atoms with van der Waals surface area (Å²) in [5.41, 5.74) is 6.31. The van der Waals surface area contributed by atoms with E-state index in [1.165, 1.54) is 0 Å². The van der Waals surface area contributed by atoms with Gasteiger partial charge in [0, 0.05) is 0 Å². The van der Waals surface area contributed by atoms with Crippen LogP contribution >= 0.6 is 0 Å². The van der Waals surface area contributed by atoms with E-state index in [0.29, 0.717) is 6.54 Å². The van der Waals surface area contributed by atoms with Crippen LogP contribution in [0.2, 0.25) is 0 Å². The molecule has 152 valence electrons. The maximum Gasteiger partial charge on any atom is 0.255 e. The number of hydrogen-bond donors (Lipinski definition) is 1. The van der Waals surface area contributed by atoms with Gasteiger partial charge in [-0.3, -0.25) is 15.1 Å². The molecule has 1 N–H and O–H groups in total. The number of hydrogen-bond acceptors (Lipinski definition) is 5. The molecule has 2 aromatic rings.